The van der Waals surface area contributed by atoms with Crippen LogP contribution in [0.3, 0.4) is 0 Å². The number of rotatable bonds is 7. The van der Waals surface area contributed by atoms with Crippen LogP contribution < -0.4 is 15.4 Å². The van der Waals surface area contributed by atoms with Gasteiger partial charge in [-0.1, -0.05) is 95.1 Å². The largest absolute Gasteiger partial charge is 0.511 e. The number of ether oxygens (including phenoxy) is 2. The van der Waals surface area contributed by atoms with Crippen molar-refractivity contribution in [2.24, 2.45) is 22.7 Å². The Morgan fingerprint density at radius 1 is 0.967 bits per heavy atom. The lowest BCUT2D eigenvalue weighted by Gasteiger charge is -2.60. The fraction of sp³-hybridized carbons (Fsp3) is 0.478. The molecule has 9 atom stereocenters. The number of benzene rings is 2. The Morgan fingerprint density at radius 3 is 2.52 bits per heavy atom. The number of Topliss-reactive ketones (excluding diaryl/α,β-unsaturated/α-hetero) is 2. The van der Waals surface area contributed by atoms with E-state index in [0.717, 1.165) is 24.0 Å². The van der Waals surface area contributed by atoms with E-state index in [1.165, 1.54) is 39.8 Å². The third kappa shape index (κ3) is 6.57. The number of carbonyl (C=O) groups is 2. The zero-order chi connectivity index (χ0) is 42.7. The van der Waals surface area contributed by atoms with E-state index in [2.05, 4.69) is 16.7 Å². The maximum absolute atomic E-state index is 15.7. The molecule has 15 heteroatoms. The molecule has 2 aromatic rings. The van der Waals surface area contributed by atoms with Crippen molar-refractivity contribution >= 4 is 33.2 Å². The number of allylic oxidation sites excluding steroid dienone is 6. The number of aliphatic hydroxyl groups excluding tert-OH is 6. The molecule has 1 saturated carbocycles. The maximum atomic E-state index is 15.7. The van der Waals surface area contributed by atoms with Crippen molar-refractivity contribution in [3.05, 3.63) is 124 Å². The number of hydrogen-bond acceptors (Lipinski definition) is 15. The third-order valence-corrected chi connectivity index (χ3v) is 16.8. The Hall–Kier alpha value is -3.90. The Labute approximate surface area is 361 Å². The van der Waals surface area contributed by atoms with Crippen molar-refractivity contribution in [1.82, 2.24) is 10.6 Å². The molecule has 2 aromatic carbocycles. The standard InChI is InChI=1S/C46H52N2O11S2/c49-17-5-10-35-45-31(20-28(21-34(45)52)19-26-6-3-7-27(18-26)23-50)38(53)30-8-4-9-32(37(30)39(45)54)58-41-40(55)46(57)33(11-15-44(24-51,59-41)42(46)56)43(13-1-2-14-43)29-12-16-47-36(22-29)48-25-60-61-35/h3-4,6-9,11-12,15,18,20-22,31,33,35,40-42,47-52,55-57H,1-2,5,10,13-14,16-17,19,23-25H2/t31-,33+,35+,40+,41-,42-,44-,45+,46-/m1/s1. The molecule has 0 unspecified atom stereocenters. The van der Waals surface area contributed by atoms with Gasteiger partial charge < -0.3 is 55.9 Å². The summed E-state index contributed by atoms with van der Waals surface area (Å²) in [4.78, 5) is 30.8. The van der Waals surface area contributed by atoms with Gasteiger partial charge in [-0.15, -0.1) is 0 Å². The van der Waals surface area contributed by atoms with Gasteiger partial charge >= 0.3 is 0 Å². The van der Waals surface area contributed by atoms with Crippen molar-refractivity contribution in [2.45, 2.75) is 86.5 Å². The van der Waals surface area contributed by atoms with Crippen molar-refractivity contribution in [3.8, 4) is 5.75 Å². The average molecular weight is 873 g/mol. The zero-order valence-electron chi connectivity index (χ0n) is 33.5. The number of carbonyl (C=O) groups excluding carboxylic acids is 2. The van der Waals surface area contributed by atoms with E-state index in [1.54, 1.807) is 30.4 Å². The molecule has 1 saturated heterocycles. The van der Waals surface area contributed by atoms with E-state index in [0.29, 0.717) is 48.6 Å². The topological polar surface area (TPSA) is 218 Å². The van der Waals surface area contributed by atoms with Gasteiger partial charge in [-0.2, -0.15) is 0 Å². The highest BCUT2D eigenvalue weighted by molar-refractivity contribution is 8.76. The molecule has 0 amide bonds. The SMILES string of the molecule is O=C1c2cccc3c2C(=O)[C@@]2(C(O)=CC(Cc4cccc(CO)c4)=C[C@H]12)[C@H](CCCO)SSCNC1=CC(=CCN1)C1(CCCC1)[C@@H]1C=C[C@]2(CO)O[C@@H](O3)[C@H](O)[C@@]1(O)[C@@H]2O. The molecule has 0 radical (unpaired) electrons. The number of ketones is 2. The molecule has 4 aliphatic carbocycles. The number of fused-ring (bicyclic) bond motifs is 5. The Balaban J connectivity index is 1.21. The molecule has 61 heavy (non-hydrogen) atoms. The average Bonchev–Trinajstić information content (AvgIpc) is 3.77. The van der Waals surface area contributed by atoms with E-state index in [1.807, 2.05) is 24.3 Å². The van der Waals surface area contributed by atoms with Crippen LogP contribution in [-0.2, 0) is 17.8 Å². The monoisotopic (exact) mass is 872 g/mol. The summed E-state index contributed by atoms with van der Waals surface area (Å²) < 4.78 is 12.7. The molecule has 9 rings (SSSR count). The minimum atomic E-state index is -2.31. The fourth-order valence-electron chi connectivity index (χ4n) is 11.2. The van der Waals surface area contributed by atoms with E-state index in [9.17, 15) is 35.7 Å². The first-order valence-corrected chi connectivity index (χ1v) is 23.4. The first-order valence-electron chi connectivity index (χ1n) is 21.0. The molecule has 7 aliphatic rings. The highest BCUT2D eigenvalue weighted by atomic mass is 33.1. The number of hydrogen-bond donors (Lipinski definition) is 9. The van der Waals surface area contributed by atoms with E-state index in [-0.39, 0.29) is 48.7 Å². The zero-order valence-corrected chi connectivity index (χ0v) is 35.2. The Morgan fingerprint density at radius 2 is 1.75 bits per heavy atom. The van der Waals surface area contributed by atoms with Crippen LogP contribution in [0.2, 0.25) is 0 Å². The van der Waals surface area contributed by atoms with Gasteiger partial charge in [0.15, 0.2) is 11.6 Å². The van der Waals surface area contributed by atoms with Gasteiger partial charge in [-0.25, -0.2) is 0 Å². The van der Waals surface area contributed by atoms with Crippen molar-refractivity contribution in [2.75, 3.05) is 25.6 Å². The van der Waals surface area contributed by atoms with Crippen LogP contribution in [0.1, 0.15) is 70.4 Å². The molecule has 3 heterocycles. The molecular weight excluding hydrogens is 821 g/mol. The van der Waals surface area contributed by atoms with Gasteiger partial charge in [0.05, 0.1) is 36.4 Å². The lowest BCUT2D eigenvalue weighted by molar-refractivity contribution is -0.355. The van der Waals surface area contributed by atoms with Crippen LogP contribution in [0.4, 0.5) is 0 Å². The van der Waals surface area contributed by atoms with Gasteiger partial charge in [-0.05, 0) is 72.6 Å². The summed E-state index contributed by atoms with van der Waals surface area (Å²) >= 11 is 0. The van der Waals surface area contributed by atoms with E-state index >= 15 is 9.59 Å². The predicted octanol–water partition coefficient (Wildman–Crippen LogP) is 3.90. The van der Waals surface area contributed by atoms with E-state index < -0.39 is 75.8 Å². The normalized spacial score (nSPS) is 35.0. The summed E-state index contributed by atoms with van der Waals surface area (Å²) in [5, 5.41) is 86.7. The summed E-state index contributed by atoms with van der Waals surface area (Å²) in [6.07, 6.45) is 9.05. The maximum Gasteiger partial charge on any atom is 0.230 e. The molecule has 7 bridgehead atoms. The first kappa shape index (κ1) is 42.4. The lowest BCUT2D eigenvalue weighted by Crippen LogP contribution is -2.78. The van der Waals surface area contributed by atoms with Crippen LogP contribution in [0.15, 0.2) is 102 Å². The highest BCUT2D eigenvalue weighted by Crippen LogP contribution is 2.61. The molecule has 3 aliphatic heterocycles. The molecule has 2 spiro atoms. The summed E-state index contributed by atoms with van der Waals surface area (Å²) in [5.74, 6) is -2.45. The predicted molar refractivity (Wildman–Crippen MR) is 229 cm³/mol. The van der Waals surface area contributed by atoms with Crippen LogP contribution in [0, 0.1) is 22.7 Å². The second-order valence-corrected chi connectivity index (χ2v) is 19.9. The quantitative estimate of drug-likeness (QED) is 0.142. The fourth-order valence-corrected chi connectivity index (χ4v) is 14.0. The number of nitrogens with one attached hydrogen (secondary N) is 2. The van der Waals surface area contributed by atoms with Gasteiger partial charge in [0.2, 0.25) is 6.29 Å². The summed E-state index contributed by atoms with van der Waals surface area (Å²) in [6.45, 7) is -0.645. The van der Waals surface area contributed by atoms with Crippen LogP contribution >= 0.6 is 21.6 Å². The summed E-state index contributed by atoms with van der Waals surface area (Å²) in [7, 11) is 2.77. The van der Waals surface area contributed by atoms with Gasteiger partial charge in [0.25, 0.3) is 0 Å². The first-order chi connectivity index (χ1) is 29.5. The van der Waals surface area contributed by atoms with Gasteiger partial charge in [-0.3, -0.25) is 9.59 Å². The minimum Gasteiger partial charge on any atom is -0.511 e. The van der Waals surface area contributed by atoms with Gasteiger partial charge in [0, 0.05) is 35.3 Å². The number of dihydropyridines is 1. The number of aliphatic hydroxyl groups is 7. The second kappa shape index (κ2) is 16.3. The molecule has 9 N–H and O–H groups in total. The smallest absolute Gasteiger partial charge is 0.230 e. The van der Waals surface area contributed by atoms with Crippen molar-refractivity contribution in [1.29, 1.82) is 0 Å². The van der Waals surface area contributed by atoms with Crippen LogP contribution in [0.25, 0.3) is 0 Å². The second-order valence-electron chi connectivity index (χ2n) is 17.3. The van der Waals surface area contributed by atoms with Crippen molar-refractivity contribution in [3.63, 3.8) is 0 Å². The van der Waals surface area contributed by atoms with E-state index in [4.69, 9.17) is 9.47 Å². The summed E-state index contributed by atoms with van der Waals surface area (Å²) in [5.41, 5.74) is -3.80. The lowest BCUT2D eigenvalue weighted by atomic mass is 9.54. The highest BCUT2D eigenvalue weighted by Gasteiger charge is 2.70. The minimum absolute atomic E-state index is 0.0342. The molecule has 13 nitrogen and oxygen atoms in total. The van der Waals surface area contributed by atoms with Crippen LogP contribution in [-0.4, -0.2) is 108 Å². The summed E-state index contributed by atoms with van der Waals surface area (Å²) in [6, 6.07) is 11.9. The van der Waals surface area contributed by atoms with Crippen molar-refractivity contribution < 1.29 is 54.8 Å². The molecule has 0 aromatic heterocycles. The van der Waals surface area contributed by atoms with Gasteiger partial charge in [0.1, 0.15) is 40.3 Å². The molecule has 324 valence electrons. The third-order valence-electron chi connectivity index (χ3n) is 14.1. The molecule has 2 fully saturated rings. The van der Waals surface area contributed by atoms with Crippen LogP contribution in [0.5, 0.6) is 5.75 Å². The molecular formula is C46H52N2O11S2. The Kier molecular flexibility index (Phi) is 11.4. The Bertz CT molecular complexity index is 2250.